The van der Waals surface area contributed by atoms with Gasteiger partial charge in [-0.2, -0.15) is 5.10 Å². The minimum atomic E-state index is -0.633. The summed E-state index contributed by atoms with van der Waals surface area (Å²) in [6.45, 7) is 3.85. The van der Waals surface area contributed by atoms with Crippen LogP contribution in [0.25, 0.3) is 0 Å². The van der Waals surface area contributed by atoms with Crippen LogP contribution in [0, 0.1) is 0 Å². The summed E-state index contributed by atoms with van der Waals surface area (Å²) in [6.07, 6.45) is 6.87. The fraction of sp³-hybridized carbons (Fsp3) is 0.733. The average Bonchev–Trinajstić information content (AvgIpc) is 2.82. The van der Waals surface area contributed by atoms with Crippen molar-refractivity contribution < 1.29 is 9.53 Å². The van der Waals surface area contributed by atoms with Crippen LogP contribution in [0.15, 0.2) is 12.4 Å². The number of carbonyl (C=O) groups is 1. The van der Waals surface area contributed by atoms with Crippen molar-refractivity contribution in [2.24, 2.45) is 7.05 Å². The van der Waals surface area contributed by atoms with Crippen molar-refractivity contribution in [2.75, 3.05) is 33.3 Å². The van der Waals surface area contributed by atoms with E-state index < -0.39 is 5.60 Å². The van der Waals surface area contributed by atoms with Gasteiger partial charge in [0.25, 0.3) is 5.91 Å². The fourth-order valence-corrected chi connectivity index (χ4v) is 3.40. The van der Waals surface area contributed by atoms with Crippen LogP contribution in [-0.4, -0.2) is 64.4 Å². The van der Waals surface area contributed by atoms with Crippen LogP contribution < -0.4 is 0 Å². The summed E-state index contributed by atoms with van der Waals surface area (Å²) in [6, 6.07) is 0. The third-order valence-corrected chi connectivity index (χ3v) is 4.49. The molecular weight excluding hydrogens is 268 g/mol. The second-order valence-electron chi connectivity index (χ2n) is 6.26. The standard InChI is InChI=1S/C15H24N4O2/c1-17-6-4-3-5-15(14(17)20)12-19(7-8-21-15)11-13-9-16-18(2)10-13/h9-10H,3-8,11-12H2,1-2H3. The zero-order valence-electron chi connectivity index (χ0n) is 12.9. The lowest BCUT2D eigenvalue weighted by Gasteiger charge is -2.42. The lowest BCUT2D eigenvalue weighted by atomic mass is 9.94. The number of nitrogens with zero attached hydrogens (tertiary/aromatic N) is 4. The maximum Gasteiger partial charge on any atom is 0.255 e. The Morgan fingerprint density at radius 1 is 1.33 bits per heavy atom. The summed E-state index contributed by atoms with van der Waals surface area (Å²) in [5.41, 5.74) is 0.551. The lowest BCUT2D eigenvalue weighted by Crippen LogP contribution is -2.59. The Kier molecular flexibility index (Phi) is 3.99. The van der Waals surface area contributed by atoms with Crippen LogP contribution in [0.4, 0.5) is 0 Å². The second-order valence-corrected chi connectivity index (χ2v) is 6.26. The summed E-state index contributed by atoms with van der Waals surface area (Å²) in [4.78, 5) is 16.8. The van der Waals surface area contributed by atoms with E-state index in [4.69, 9.17) is 4.74 Å². The summed E-state index contributed by atoms with van der Waals surface area (Å²) in [5, 5.41) is 4.21. The molecule has 0 aromatic carbocycles. The predicted octanol–water partition coefficient (Wildman–Crippen LogP) is 0.633. The van der Waals surface area contributed by atoms with Crippen molar-refractivity contribution in [3.8, 4) is 0 Å². The summed E-state index contributed by atoms with van der Waals surface area (Å²) in [5.74, 6) is 0.149. The van der Waals surface area contributed by atoms with Gasteiger partial charge in [0.2, 0.25) is 0 Å². The van der Waals surface area contributed by atoms with Gasteiger partial charge in [0.15, 0.2) is 5.60 Å². The highest BCUT2D eigenvalue weighted by molar-refractivity contribution is 5.85. The van der Waals surface area contributed by atoms with Gasteiger partial charge in [-0.1, -0.05) is 0 Å². The van der Waals surface area contributed by atoms with E-state index in [1.165, 1.54) is 5.56 Å². The Balaban J connectivity index is 1.73. The molecule has 1 unspecified atom stereocenters. The zero-order valence-corrected chi connectivity index (χ0v) is 12.9. The topological polar surface area (TPSA) is 50.6 Å². The first-order chi connectivity index (χ1) is 10.1. The molecule has 0 radical (unpaired) electrons. The fourth-order valence-electron chi connectivity index (χ4n) is 3.40. The first-order valence-corrected chi connectivity index (χ1v) is 7.68. The van der Waals surface area contributed by atoms with Crippen molar-refractivity contribution >= 4 is 5.91 Å². The molecule has 3 rings (SSSR count). The molecule has 1 spiro atoms. The number of morpholine rings is 1. The molecule has 1 atom stereocenters. The molecule has 116 valence electrons. The van der Waals surface area contributed by atoms with Crippen LogP contribution in [0.2, 0.25) is 0 Å². The quantitative estimate of drug-likeness (QED) is 0.802. The highest BCUT2D eigenvalue weighted by atomic mass is 16.5. The number of carbonyl (C=O) groups excluding carboxylic acids is 1. The van der Waals surface area contributed by atoms with E-state index >= 15 is 0 Å². The SMILES string of the molecule is CN1CCCCC2(CN(Cc3cnn(C)c3)CCO2)C1=O. The van der Waals surface area contributed by atoms with Crippen molar-refractivity contribution in [2.45, 2.75) is 31.4 Å². The molecule has 6 heteroatoms. The molecule has 1 aromatic rings. The first kappa shape index (κ1) is 14.5. The number of likely N-dealkylation sites (tertiary alicyclic amines) is 1. The zero-order chi connectivity index (χ0) is 14.9. The number of aryl methyl sites for hydroxylation is 1. The Morgan fingerprint density at radius 3 is 2.95 bits per heavy atom. The molecule has 0 bridgehead atoms. The predicted molar refractivity (Wildman–Crippen MR) is 78.7 cm³/mol. The average molecular weight is 292 g/mol. The maximum atomic E-state index is 12.7. The number of ether oxygens (including phenoxy) is 1. The van der Waals surface area contributed by atoms with Crippen LogP contribution >= 0.6 is 0 Å². The second kappa shape index (κ2) is 5.77. The molecule has 0 aliphatic carbocycles. The number of aromatic nitrogens is 2. The molecular formula is C15H24N4O2. The number of likely N-dealkylation sites (N-methyl/N-ethyl adjacent to an activating group) is 1. The van der Waals surface area contributed by atoms with Gasteiger partial charge in [-0.05, 0) is 19.3 Å². The minimum absolute atomic E-state index is 0.149. The Labute approximate surface area is 125 Å². The molecule has 1 amide bonds. The van der Waals surface area contributed by atoms with Gasteiger partial charge in [0, 0.05) is 52.0 Å². The van der Waals surface area contributed by atoms with Crippen LogP contribution in [0.1, 0.15) is 24.8 Å². The minimum Gasteiger partial charge on any atom is -0.362 e. The molecule has 2 saturated heterocycles. The maximum absolute atomic E-state index is 12.7. The Bertz CT molecular complexity index is 516. The number of hydrogen-bond acceptors (Lipinski definition) is 4. The first-order valence-electron chi connectivity index (χ1n) is 7.68. The normalized spacial score (nSPS) is 28.1. The van der Waals surface area contributed by atoms with Gasteiger partial charge in [-0.3, -0.25) is 14.4 Å². The third-order valence-electron chi connectivity index (χ3n) is 4.49. The van der Waals surface area contributed by atoms with Crippen molar-refractivity contribution in [1.82, 2.24) is 19.6 Å². The summed E-state index contributed by atoms with van der Waals surface area (Å²) >= 11 is 0. The van der Waals surface area contributed by atoms with E-state index in [1.807, 2.05) is 36.1 Å². The van der Waals surface area contributed by atoms with E-state index in [-0.39, 0.29) is 5.91 Å². The van der Waals surface area contributed by atoms with E-state index in [0.717, 1.165) is 38.9 Å². The number of rotatable bonds is 2. The van der Waals surface area contributed by atoms with E-state index in [0.29, 0.717) is 13.2 Å². The summed E-state index contributed by atoms with van der Waals surface area (Å²) < 4.78 is 7.80. The van der Waals surface area contributed by atoms with Crippen molar-refractivity contribution in [3.05, 3.63) is 18.0 Å². The highest BCUT2D eigenvalue weighted by Crippen LogP contribution is 2.29. The van der Waals surface area contributed by atoms with E-state index in [9.17, 15) is 4.79 Å². The van der Waals surface area contributed by atoms with Gasteiger partial charge < -0.3 is 9.64 Å². The Morgan fingerprint density at radius 2 is 2.19 bits per heavy atom. The van der Waals surface area contributed by atoms with Crippen molar-refractivity contribution in [1.29, 1.82) is 0 Å². The lowest BCUT2D eigenvalue weighted by molar-refractivity contribution is -0.169. The summed E-state index contributed by atoms with van der Waals surface area (Å²) in [7, 11) is 3.81. The molecule has 6 nitrogen and oxygen atoms in total. The molecule has 3 heterocycles. The largest absolute Gasteiger partial charge is 0.362 e. The molecule has 1 aromatic heterocycles. The number of amides is 1. The van der Waals surface area contributed by atoms with Gasteiger partial charge in [0.05, 0.1) is 12.8 Å². The third kappa shape index (κ3) is 2.96. The number of hydrogen-bond donors (Lipinski definition) is 0. The van der Waals surface area contributed by atoms with Gasteiger partial charge in [-0.25, -0.2) is 0 Å². The van der Waals surface area contributed by atoms with Gasteiger partial charge in [-0.15, -0.1) is 0 Å². The molecule has 2 aliphatic rings. The van der Waals surface area contributed by atoms with Crippen LogP contribution in [0.3, 0.4) is 0 Å². The molecule has 21 heavy (non-hydrogen) atoms. The smallest absolute Gasteiger partial charge is 0.255 e. The van der Waals surface area contributed by atoms with Gasteiger partial charge in [0.1, 0.15) is 0 Å². The molecule has 0 N–H and O–H groups in total. The van der Waals surface area contributed by atoms with E-state index in [1.54, 1.807) is 0 Å². The monoisotopic (exact) mass is 292 g/mol. The molecule has 0 saturated carbocycles. The van der Waals surface area contributed by atoms with Gasteiger partial charge >= 0.3 is 0 Å². The van der Waals surface area contributed by atoms with Crippen LogP contribution in [-0.2, 0) is 23.1 Å². The molecule has 2 fully saturated rings. The Hall–Kier alpha value is -1.40. The highest BCUT2D eigenvalue weighted by Gasteiger charge is 2.45. The van der Waals surface area contributed by atoms with Crippen LogP contribution in [0.5, 0.6) is 0 Å². The molecule has 2 aliphatic heterocycles. The van der Waals surface area contributed by atoms with E-state index in [2.05, 4.69) is 10.00 Å². The van der Waals surface area contributed by atoms with Crippen molar-refractivity contribution in [3.63, 3.8) is 0 Å².